The van der Waals surface area contributed by atoms with Crippen LogP contribution in [0.15, 0.2) is 48.5 Å². The third-order valence-corrected chi connectivity index (χ3v) is 5.54. The number of para-hydroxylation sites is 1. The molecule has 0 radical (unpaired) electrons. The molecule has 1 aromatic heterocycles. The predicted molar refractivity (Wildman–Crippen MR) is 108 cm³/mol. The monoisotopic (exact) mass is 402 g/mol. The van der Waals surface area contributed by atoms with Crippen molar-refractivity contribution in [1.82, 2.24) is 4.57 Å². The van der Waals surface area contributed by atoms with Gasteiger partial charge >= 0.3 is 0 Å². The van der Waals surface area contributed by atoms with E-state index in [2.05, 4.69) is 9.88 Å². The van der Waals surface area contributed by atoms with Gasteiger partial charge in [-0.2, -0.15) is 8.42 Å². The second-order valence-corrected chi connectivity index (χ2v) is 8.18. The maximum Gasteiger partial charge on any atom is 0.265 e. The van der Waals surface area contributed by atoms with E-state index in [9.17, 15) is 13.2 Å². The largest absolute Gasteiger partial charge is 0.322 e. The van der Waals surface area contributed by atoms with Gasteiger partial charge in [-0.3, -0.25) is 9.35 Å². The summed E-state index contributed by atoms with van der Waals surface area (Å²) in [6.07, 6.45) is 0.285. The predicted octanol–water partition coefficient (Wildman–Crippen LogP) is 2.79. The van der Waals surface area contributed by atoms with Crippen LogP contribution in [0.4, 0.5) is 5.69 Å². The van der Waals surface area contributed by atoms with Crippen LogP contribution in [0.3, 0.4) is 0 Å². The molecule has 0 unspecified atom stereocenters. The molecule has 0 bridgehead atoms. The molecule has 3 aromatic rings. The summed E-state index contributed by atoms with van der Waals surface area (Å²) in [6, 6.07) is 14.8. The first-order chi connectivity index (χ1) is 13.3. The number of amides is 1. The van der Waals surface area contributed by atoms with Crippen LogP contribution >= 0.6 is 0 Å². The molecular weight excluding hydrogens is 378 g/mol. The van der Waals surface area contributed by atoms with Crippen molar-refractivity contribution >= 4 is 32.7 Å². The van der Waals surface area contributed by atoms with Crippen LogP contribution in [0.5, 0.6) is 0 Å². The Kier molecular flexibility index (Phi) is 5.81. The SMILES string of the molecule is CC[n+]1c(C)n(CCCS(=O)(=O)O)c2cc(C(=O)Nc3ccccc3)ccc21. The number of aromatic nitrogens is 2. The Morgan fingerprint density at radius 2 is 1.89 bits per heavy atom. The molecular formula is C20H24N3O4S+. The van der Waals surface area contributed by atoms with Crippen LogP contribution in [0, 0.1) is 6.92 Å². The lowest BCUT2D eigenvalue weighted by Crippen LogP contribution is -2.35. The summed E-state index contributed by atoms with van der Waals surface area (Å²) in [4.78, 5) is 12.6. The van der Waals surface area contributed by atoms with Gasteiger partial charge in [0.1, 0.15) is 0 Å². The second-order valence-electron chi connectivity index (χ2n) is 6.61. The van der Waals surface area contributed by atoms with Gasteiger partial charge in [-0.1, -0.05) is 18.2 Å². The van der Waals surface area contributed by atoms with Crippen LogP contribution in [0.25, 0.3) is 11.0 Å². The van der Waals surface area contributed by atoms with Crippen molar-refractivity contribution in [2.45, 2.75) is 33.4 Å². The number of rotatable bonds is 7. The number of aryl methyl sites for hydroxylation is 2. The normalized spacial score (nSPS) is 11.7. The first-order valence-corrected chi connectivity index (χ1v) is 10.8. The van der Waals surface area contributed by atoms with Gasteiger partial charge in [-0.25, -0.2) is 9.13 Å². The Hall–Kier alpha value is -2.71. The maximum atomic E-state index is 12.6. The highest BCUT2D eigenvalue weighted by molar-refractivity contribution is 7.85. The second kappa shape index (κ2) is 8.12. The molecule has 2 N–H and O–H groups in total. The number of hydrogen-bond donors (Lipinski definition) is 2. The number of hydrogen-bond acceptors (Lipinski definition) is 3. The van der Waals surface area contributed by atoms with Crippen molar-refractivity contribution in [2.75, 3.05) is 11.1 Å². The number of carbonyl (C=O) groups is 1. The molecule has 0 saturated carbocycles. The summed E-state index contributed by atoms with van der Waals surface area (Å²) >= 11 is 0. The molecule has 0 spiro atoms. The van der Waals surface area contributed by atoms with E-state index < -0.39 is 10.1 Å². The lowest BCUT2D eigenvalue weighted by molar-refractivity contribution is -0.675. The Bertz CT molecular complexity index is 1110. The van der Waals surface area contributed by atoms with E-state index in [1.807, 2.05) is 60.9 Å². The fourth-order valence-electron chi connectivity index (χ4n) is 3.41. The summed E-state index contributed by atoms with van der Waals surface area (Å²) in [5, 5.41) is 2.87. The van der Waals surface area contributed by atoms with Crippen molar-refractivity contribution in [2.24, 2.45) is 0 Å². The van der Waals surface area contributed by atoms with E-state index in [1.165, 1.54) is 0 Å². The van der Waals surface area contributed by atoms with Gasteiger partial charge < -0.3 is 5.32 Å². The molecule has 1 amide bonds. The summed E-state index contributed by atoms with van der Waals surface area (Å²) in [6.45, 7) is 5.17. The molecule has 0 fully saturated rings. The van der Waals surface area contributed by atoms with Gasteiger partial charge in [-0.05, 0) is 31.2 Å². The fraction of sp³-hybridized carbons (Fsp3) is 0.300. The fourth-order valence-corrected chi connectivity index (χ4v) is 3.91. The minimum atomic E-state index is -4.00. The van der Waals surface area contributed by atoms with Gasteiger partial charge in [0.05, 0.1) is 18.8 Å². The number of carbonyl (C=O) groups excluding carboxylic acids is 1. The molecule has 28 heavy (non-hydrogen) atoms. The molecule has 0 aliphatic carbocycles. The van der Waals surface area contributed by atoms with Crippen LogP contribution < -0.4 is 9.88 Å². The highest BCUT2D eigenvalue weighted by atomic mass is 32.2. The molecule has 0 aliphatic rings. The molecule has 0 aliphatic heterocycles. The van der Waals surface area contributed by atoms with Crippen LogP contribution in [0.1, 0.15) is 29.5 Å². The van der Waals surface area contributed by atoms with E-state index in [0.29, 0.717) is 12.1 Å². The Morgan fingerprint density at radius 3 is 2.54 bits per heavy atom. The minimum Gasteiger partial charge on any atom is -0.322 e. The summed E-state index contributed by atoms with van der Waals surface area (Å²) in [5.41, 5.74) is 3.07. The lowest BCUT2D eigenvalue weighted by Gasteiger charge is -2.05. The van der Waals surface area contributed by atoms with Gasteiger partial charge in [-0.15, -0.1) is 0 Å². The summed E-state index contributed by atoms with van der Waals surface area (Å²) < 4.78 is 35.2. The molecule has 1 heterocycles. The van der Waals surface area contributed by atoms with E-state index in [1.54, 1.807) is 6.07 Å². The number of anilines is 1. The standard InChI is InChI=1S/C20H23N3O4S/c1-3-22-15(2)23(12-7-13-28(25,26)27)19-14-16(10-11-18(19)22)20(24)21-17-8-5-4-6-9-17/h4-6,8-11,14H,3,7,12-13H2,1-2H3,(H-,21,24,25,26,27)/p+1. The summed E-state index contributed by atoms with van der Waals surface area (Å²) in [5.74, 6) is 0.458. The van der Waals surface area contributed by atoms with Crippen LogP contribution in [-0.2, 0) is 23.2 Å². The van der Waals surface area contributed by atoms with Crippen molar-refractivity contribution in [3.8, 4) is 0 Å². The Labute approximate surface area is 164 Å². The third-order valence-electron chi connectivity index (χ3n) is 4.73. The van der Waals surface area contributed by atoms with Crippen LogP contribution in [0.2, 0.25) is 0 Å². The number of imidazole rings is 1. The molecule has 148 valence electrons. The highest BCUT2D eigenvalue weighted by Gasteiger charge is 2.22. The van der Waals surface area contributed by atoms with Crippen molar-refractivity contribution in [1.29, 1.82) is 0 Å². The van der Waals surface area contributed by atoms with Gasteiger partial charge in [0.15, 0.2) is 11.0 Å². The smallest absolute Gasteiger partial charge is 0.265 e. The van der Waals surface area contributed by atoms with E-state index in [0.717, 1.165) is 29.1 Å². The third kappa shape index (κ3) is 4.40. The zero-order valence-corrected chi connectivity index (χ0v) is 16.7. The molecule has 8 heteroatoms. The quantitative estimate of drug-likeness (QED) is 0.470. The Morgan fingerprint density at radius 1 is 1.18 bits per heavy atom. The first kappa shape index (κ1) is 20.0. The molecule has 0 atom stereocenters. The van der Waals surface area contributed by atoms with Crippen molar-refractivity contribution in [3.05, 3.63) is 59.9 Å². The van der Waals surface area contributed by atoms with Crippen molar-refractivity contribution in [3.63, 3.8) is 0 Å². The average Bonchev–Trinajstić information content (AvgIpc) is 2.92. The maximum absolute atomic E-state index is 12.6. The van der Waals surface area contributed by atoms with Gasteiger partial charge in [0.25, 0.3) is 21.8 Å². The highest BCUT2D eigenvalue weighted by Crippen LogP contribution is 2.19. The zero-order valence-electron chi connectivity index (χ0n) is 15.9. The lowest BCUT2D eigenvalue weighted by atomic mass is 10.1. The van der Waals surface area contributed by atoms with E-state index in [4.69, 9.17) is 4.55 Å². The number of fused-ring (bicyclic) bond motifs is 1. The summed E-state index contributed by atoms with van der Waals surface area (Å²) in [7, 11) is -4.00. The van der Waals surface area contributed by atoms with E-state index in [-0.39, 0.29) is 18.1 Å². The van der Waals surface area contributed by atoms with Gasteiger partial charge in [0, 0.05) is 30.7 Å². The number of nitrogens with zero attached hydrogens (tertiary/aromatic N) is 2. The van der Waals surface area contributed by atoms with Crippen LogP contribution in [-0.4, -0.2) is 29.2 Å². The topological polar surface area (TPSA) is 92.3 Å². The molecule has 7 nitrogen and oxygen atoms in total. The van der Waals surface area contributed by atoms with Crippen molar-refractivity contribution < 1.29 is 22.3 Å². The first-order valence-electron chi connectivity index (χ1n) is 9.14. The van der Waals surface area contributed by atoms with E-state index >= 15 is 0 Å². The molecule has 3 rings (SSSR count). The average molecular weight is 402 g/mol. The Balaban J connectivity index is 1.94. The number of nitrogens with one attached hydrogen (secondary N) is 1. The minimum absolute atomic E-state index is 0.209. The molecule has 0 saturated heterocycles. The van der Waals surface area contributed by atoms with Gasteiger partial charge in [0.2, 0.25) is 0 Å². The zero-order chi connectivity index (χ0) is 20.3. The number of benzene rings is 2. The molecule has 2 aromatic carbocycles.